The van der Waals surface area contributed by atoms with Gasteiger partial charge in [-0.2, -0.15) is 0 Å². The Morgan fingerprint density at radius 1 is 1.14 bits per heavy atom. The highest BCUT2D eigenvalue weighted by atomic mass is 28.4. The molecule has 1 rings (SSSR count). The second-order valence-electron chi connectivity index (χ2n) is 7.94. The predicted molar refractivity (Wildman–Crippen MR) is 97.1 cm³/mol. The standard InChI is InChI=1S/C19H38OSi/c1-9-10-11-12-19-17(8)13-18(14(2)3)20-21(19,15(4)5)16(6)7/h12,14-18H,9-11,13H2,1-8H3/b19-12-/t17-,18-/m1/s1. The van der Waals surface area contributed by atoms with Gasteiger partial charge in [-0.15, -0.1) is 0 Å². The summed E-state index contributed by atoms with van der Waals surface area (Å²) >= 11 is 0. The molecule has 1 fully saturated rings. The normalized spacial score (nSPS) is 28.0. The van der Waals surface area contributed by atoms with Crippen molar-refractivity contribution in [1.29, 1.82) is 0 Å². The molecule has 2 atom stereocenters. The van der Waals surface area contributed by atoms with Crippen molar-refractivity contribution in [3.8, 4) is 0 Å². The van der Waals surface area contributed by atoms with E-state index >= 15 is 0 Å². The fourth-order valence-electron chi connectivity index (χ4n) is 4.06. The van der Waals surface area contributed by atoms with Crippen molar-refractivity contribution in [2.45, 2.75) is 98.3 Å². The highest BCUT2D eigenvalue weighted by Crippen LogP contribution is 2.48. The number of hydrogen-bond donors (Lipinski definition) is 0. The average Bonchev–Trinajstić information content (AvgIpc) is 2.39. The van der Waals surface area contributed by atoms with E-state index in [0.717, 1.165) is 0 Å². The summed E-state index contributed by atoms with van der Waals surface area (Å²) in [6.07, 6.45) is 8.08. The highest BCUT2D eigenvalue weighted by Gasteiger charge is 2.51. The van der Waals surface area contributed by atoms with Gasteiger partial charge in [-0.25, -0.2) is 0 Å². The Bertz CT molecular complexity index is 335. The molecule has 124 valence electrons. The van der Waals surface area contributed by atoms with Crippen LogP contribution in [0.2, 0.25) is 11.1 Å². The third-order valence-corrected chi connectivity index (χ3v) is 11.0. The summed E-state index contributed by atoms with van der Waals surface area (Å²) in [5, 5.41) is 1.72. The summed E-state index contributed by atoms with van der Waals surface area (Å²) in [5.74, 6) is 1.34. The number of allylic oxidation sites excluding steroid dienone is 2. The van der Waals surface area contributed by atoms with Crippen LogP contribution in [0, 0.1) is 11.8 Å². The van der Waals surface area contributed by atoms with Gasteiger partial charge in [0.1, 0.15) is 0 Å². The summed E-state index contributed by atoms with van der Waals surface area (Å²) in [5.41, 5.74) is 1.32. The molecule has 1 nitrogen and oxygen atoms in total. The van der Waals surface area contributed by atoms with Crippen molar-refractivity contribution in [2.24, 2.45) is 11.8 Å². The van der Waals surface area contributed by atoms with Crippen LogP contribution < -0.4 is 0 Å². The second-order valence-corrected chi connectivity index (χ2v) is 12.6. The topological polar surface area (TPSA) is 9.23 Å². The Labute approximate surface area is 134 Å². The van der Waals surface area contributed by atoms with Crippen molar-refractivity contribution >= 4 is 8.32 Å². The van der Waals surface area contributed by atoms with Gasteiger partial charge in [-0.1, -0.05) is 79.5 Å². The molecule has 0 aliphatic carbocycles. The first-order chi connectivity index (χ1) is 9.77. The first kappa shape index (κ1) is 19.0. The van der Waals surface area contributed by atoms with Gasteiger partial charge in [-0.05, 0) is 35.8 Å². The Morgan fingerprint density at radius 3 is 2.14 bits per heavy atom. The molecule has 1 saturated heterocycles. The van der Waals surface area contributed by atoms with E-state index in [2.05, 4.69) is 61.5 Å². The maximum Gasteiger partial charge on any atom is 0.225 e. The molecular formula is C19H38OSi. The summed E-state index contributed by atoms with van der Waals surface area (Å²) in [6.45, 7) is 19.0. The highest BCUT2D eigenvalue weighted by molar-refractivity contribution is 6.83. The maximum atomic E-state index is 6.94. The Morgan fingerprint density at radius 2 is 1.71 bits per heavy atom. The van der Waals surface area contributed by atoms with Crippen LogP contribution in [0.1, 0.15) is 81.1 Å². The first-order valence-electron chi connectivity index (χ1n) is 9.15. The summed E-state index contributed by atoms with van der Waals surface area (Å²) in [7, 11) is -1.84. The minimum Gasteiger partial charge on any atom is -0.409 e. The van der Waals surface area contributed by atoms with Gasteiger partial charge < -0.3 is 4.43 Å². The van der Waals surface area contributed by atoms with E-state index in [0.29, 0.717) is 29.0 Å². The van der Waals surface area contributed by atoms with Gasteiger partial charge in [0.05, 0.1) is 0 Å². The molecule has 0 saturated carbocycles. The van der Waals surface area contributed by atoms with Gasteiger partial charge in [0.15, 0.2) is 0 Å². The van der Waals surface area contributed by atoms with Gasteiger partial charge in [-0.3, -0.25) is 0 Å². The summed E-state index contributed by atoms with van der Waals surface area (Å²) < 4.78 is 6.94. The third kappa shape index (κ3) is 4.01. The molecule has 0 spiro atoms. The van der Waals surface area contributed by atoms with Crippen molar-refractivity contribution in [3.63, 3.8) is 0 Å². The Kier molecular flexibility index (Phi) is 7.19. The lowest BCUT2D eigenvalue weighted by molar-refractivity contribution is 0.0972. The average molecular weight is 311 g/mol. The van der Waals surface area contributed by atoms with E-state index in [1.54, 1.807) is 5.20 Å². The molecule has 1 aliphatic rings. The van der Waals surface area contributed by atoms with E-state index in [1.165, 1.54) is 25.7 Å². The molecule has 0 radical (unpaired) electrons. The number of rotatable bonds is 6. The molecule has 0 N–H and O–H groups in total. The lowest BCUT2D eigenvalue weighted by atomic mass is 9.95. The van der Waals surface area contributed by atoms with Crippen molar-refractivity contribution in [3.05, 3.63) is 11.3 Å². The quantitative estimate of drug-likeness (QED) is 0.402. The van der Waals surface area contributed by atoms with Gasteiger partial charge >= 0.3 is 0 Å². The van der Waals surface area contributed by atoms with E-state index in [9.17, 15) is 0 Å². The first-order valence-corrected chi connectivity index (χ1v) is 11.2. The molecule has 2 heteroatoms. The van der Waals surface area contributed by atoms with Crippen LogP contribution in [0.4, 0.5) is 0 Å². The van der Waals surface area contributed by atoms with Crippen LogP contribution in [0.3, 0.4) is 0 Å². The SMILES string of the molecule is CCCC/C=C1/[C@H](C)C[C@H](C(C)C)O[Si]1(C(C)C)C(C)C. The molecule has 21 heavy (non-hydrogen) atoms. The van der Waals surface area contributed by atoms with Crippen LogP contribution >= 0.6 is 0 Å². The minimum atomic E-state index is -1.84. The predicted octanol–water partition coefficient (Wildman–Crippen LogP) is 6.49. The van der Waals surface area contributed by atoms with Crippen LogP contribution in [-0.4, -0.2) is 14.4 Å². The van der Waals surface area contributed by atoms with Crippen LogP contribution in [0.25, 0.3) is 0 Å². The monoisotopic (exact) mass is 310 g/mol. The van der Waals surface area contributed by atoms with Gasteiger partial charge in [0.25, 0.3) is 0 Å². The van der Waals surface area contributed by atoms with E-state index < -0.39 is 8.32 Å². The molecule has 0 amide bonds. The molecular weight excluding hydrogens is 272 g/mol. The zero-order valence-electron chi connectivity index (χ0n) is 15.7. The smallest absolute Gasteiger partial charge is 0.225 e. The lowest BCUT2D eigenvalue weighted by Gasteiger charge is -2.50. The lowest BCUT2D eigenvalue weighted by Crippen LogP contribution is -2.56. The van der Waals surface area contributed by atoms with Gasteiger partial charge in [0, 0.05) is 6.10 Å². The minimum absolute atomic E-state index is 0.458. The Balaban J connectivity index is 3.20. The molecule has 0 bridgehead atoms. The Hall–Kier alpha value is -0.0831. The molecule has 1 heterocycles. The fourth-order valence-corrected chi connectivity index (χ4v) is 9.63. The molecule has 1 aliphatic heterocycles. The van der Waals surface area contributed by atoms with Crippen LogP contribution in [0.5, 0.6) is 0 Å². The van der Waals surface area contributed by atoms with E-state index in [4.69, 9.17) is 4.43 Å². The molecule has 0 aromatic carbocycles. The van der Waals surface area contributed by atoms with Crippen molar-refractivity contribution in [2.75, 3.05) is 0 Å². The summed E-state index contributed by atoms with van der Waals surface area (Å²) in [6, 6.07) is 0. The van der Waals surface area contributed by atoms with Crippen LogP contribution in [0.15, 0.2) is 11.3 Å². The third-order valence-electron chi connectivity index (χ3n) is 5.30. The molecule has 0 unspecified atom stereocenters. The zero-order valence-corrected chi connectivity index (χ0v) is 16.7. The second kappa shape index (κ2) is 7.96. The largest absolute Gasteiger partial charge is 0.409 e. The zero-order chi connectivity index (χ0) is 16.2. The maximum absolute atomic E-state index is 6.94. The van der Waals surface area contributed by atoms with Crippen molar-refractivity contribution < 1.29 is 4.43 Å². The molecule has 0 aromatic heterocycles. The van der Waals surface area contributed by atoms with Gasteiger partial charge in [0.2, 0.25) is 8.32 Å². The molecule has 0 aromatic rings. The van der Waals surface area contributed by atoms with Crippen LogP contribution in [-0.2, 0) is 4.43 Å². The summed E-state index contributed by atoms with van der Waals surface area (Å²) in [4.78, 5) is 0. The van der Waals surface area contributed by atoms with Crippen molar-refractivity contribution in [1.82, 2.24) is 0 Å². The van der Waals surface area contributed by atoms with E-state index in [-0.39, 0.29) is 0 Å². The number of hydrogen-bond acceptors (Lipinski definition) is 1. The number of unbranched alkanes of at least 4 members (excludes halogenated alkanes) is 2. The fraction of sp³-hybridized carbons (Fsp3) is 0.895. The van der Waals surface area contributed by atoms with E-state index in [1.807, 2.05) is 0 Å².